The molecule has 0 bridgehead atoms. The van der Waals surface area contributed by atoms with Crippen molar-refractivity contribution in [2.75, 3.05) is 24.6 Å². The molecule has 0 aliphatic carbocycles. The van der Waals surface area contributed by atoms with E-state index in [1.165, 1.54) is 44.1 Å². The average Bonchev–Trinajstić information content (AvgIpc) is 2.68. The second kappa shape index (κ2) is 9.81. The Morgan fingerprint density at radius 2 is 2.03 bits per heavy atom. The summed E-state index contributed by atoms with van der Waals surface area (Å²) in [6, 6.07) is 3.52. The molecule has 0 saturated carbocycles. The van der Waals surface area contributed by atoms with Crippen LogP contribution in [0.3, 0.4) is 0 Å². The van der Waals surface area contributed by atoms with Crippen LogP contribution in [0.1, 0.15) is 5.69 Å². The maximum Gasteiger partial charge on any atom is 0.264 e. The molecule has 13 heteroatoms. The first kappa shape index (κ1) is 23.5. The van der Waals surface area contributed by atoms with Gasteiger partial charge in [-0.1, -0.05) is 29.3 Å². The number of carbonyl (C=O) groups is 1. The van der Waals surface area contributed by atoms with Gasteiger partial charge in [-0.15, -0.1) is 11.8 Å². The summed E-state index contributed by atoms with van der Waals surface area (Å²) < 4.78 is 32.9. The summed E-state index contributed by atoms with van der Waals surface area (Å²) >= 11 is 13.1. The second-order valence-electron chi connectivity index (χ2n) is 5.66. The molecule has 158 valence electrons. The van der Waals surface area contributed by atoms with Crippen molar-refractivity contribution in [2.45, 2.75) is 22.9 Å². The fourth-order valence-electron chi connectivity index (χ4n) is 2.14. The van der Waals surface area contributed by atoms with Gasteiger partial charge in [0.1, 0.15) is 9.92 Å². The van der Waals surface area contributed by atoms with Gasteiger partial charge in [-0.25, -0.2) is 18.4 Å². The summed E-state index contributed by atoms with van der Waals surface area (Å²) in [5.41, 5.74) is 6.20. The highest BCUT2D eigenvalue weighted by molar-refractivity contribution is 7.99. The lowest BCUT2D eigenvalue weighted by Gasteiger charge is -2.15. The standard InChI is InChI=1S/C16H19Cl2N5O4S2/c1-8-16(28-7-10(19)14(24)20-2)22-15(27-3)13(21-8)23-29(25,26)11-6-4-5-9(17)12(11)18/h4-6,10H,7,19H2,1-3H3,(H,20,24)(H,21,23)/t10-/m0/s1. The summed E-state index contributed by atoms with van der Waals surface area (Å²) in [5.74, 6) is -0.214. The molecule has 0 spiro atoms. The minimum absolute atomic E-state index is 0.0478. The Balaban J connectivity index is 2.31. The topological polar surface area (TPSA) is 136 Å². The van der Waals surface area contributed by atoms with Crippen LogP contribution in [0.2, 0.25) is 10.0 Å². The third-order valence-corrected chi connectivity index (χ3v) is 7.11. The van der Waals surface area contributed by atoms with Gasteiger partial charge in [0, 0.05) is 12.8 Å². The molecule has 0 fully saturated rings. The van der Waals surface area contributed by atoms with Gasteiger partial charge in [0.05, 0.1) is 28.9 Å². The van der Waals surface area contributed by atoms with Crippen LogP contribution < -0.4 is 20.5 Å². The van der Waals surface area contributed by atoms with Crippen molar-refractivity contribution < 1.29 is 17.9 Å². The Bertz CT molecular complexity index is 1020. The summed E-state index contributed by atoms with van der Waals surface area (Å²) in [7, 11) is -1.28. The summed E-state index contributed by atoms with van der Waals surface area (Å²) in [5, 5.41) is 2.90. The number of nitrogens with one attached hydrogen (secondary N) is 2. The highest BCUT2D eigenvalue weighted by Crippen LogP contribution is 2.32. The number of rotatable bonds is 8. The van der Waals surface area contributed by atoms with Gasteiger partial charge in [-0.3, -0.25) is 9.52 Å². The minimum Gasteiger partial charge on any atom is -0.478 e. The fraction of sp³-hybridized carbons (Fsp3) is 0.312. The van der Waals surface area contributed by atoms with Gasteiger partial charge in [0.2, 0.25) is 11.7 Å². The van der Waals surface area contributed by atoms with E-state index in [1.54, 1.807) is 6.92 Å². The molecule has 9 nitrogen and oxygen atoms in total. The number of hydrogen-bond acceptors (Lipinski definition) is 8. The zero-order valence-corrected chi connectivity index (χ0v) is 18.8. The van der Waals surface area contributed by atoms with Gasteiger partial charge in [0.25, 0.3) is 15.9 Å². The molecule has 0 aliphatic rings. The maximum absolute atomic E-state index is 12.7. The largest absolute Gasteiger partial charge is 0.478 e. The summed E-state index contributed by atoms with van der Waals surface area (Å²) in [6.45, 7) is 1.64. The molecule has 1 aromatic carbocycles. The summed E-state index contributed by atoms with van der Waals surface area (Å²) in [4.78, 5) is 19.8. The Hall–Kier alpha value is -1.79. The van der Waals surface area contributed by atoms with Crippen LogP contribution in [-0.2, 0) is 14.8 Å². The van der Waals surface area contributed by atoms with E-state index >= 15 is 0 Å². The molecule has 0 unspecified atom stereocenters. The fourth-order valence-corrected chi connectivity index (χ4v) is 4.79. The number of sulfonamides is 1. The smallest absolute Gasteiger partial charge is 0.264 e. The average molecular weight is 480 g/mol. The van der Waals surface area contributed by atoms with Crippen molar-refractivity contribution in [2.24, 2.45) is 5.73 Å². The molecule has 2 rings (SSSR count). The van der Waals surface area contributed by atoms with E-state index in [2.05, 4.69) is 20.0 Å². The molecule has 0 saturated heterocycles. The number of benzene rings is 1. The Labute approximate surface area is 182 Å². The first-order valence-corrected chi connectivity index (χ1v) is 11.3. The van der Waals surface area contributed by atoms with Crippen LogP contribution in [0.4, 0.5) is 5.82 Å². The van der Waals surface area contributed by atoms with E-state index < -0.39 is 16.1 Å². The first-order chi connectivity index (χ1) is 13.6. The predicted molar refractivity (Wildman–Crippen MR) is 113 cm³/mol. The number of aromatic nitrogens is 2. The van der Waals surface area contributed by atoms with E-state index in [4.69, 9.17) is 33.7 Å². The molecule has 2 aromatic rings. The Morgan fingerprint density at radius 3 is 2.66 bits per heavy atom. The van der Waals surface area contributed by atoms with Crippen LogP contribution in [0, 0.1) is 6.92 Å². The zero-order valence-electron chi connectivity index (χ0n) is 15.7. The number of halogens is 2. The van der Waals surface area contributed by atoms with Crippen molar-refractivity contribution in [3.8, 4) is 5.88 Å². The molecule has 29 heavy (non-hydrogen) atoms. The molecular weight excluding hydrogens is 461 g/mol. The number of methoxy groups -OCH3 is 1. The van der Waals surface area contributed by atoms with E-state index in [0.29, 0.717) is 10.7 Å². The van der Waals surface area contributed by atoms with Gasteiger partial charge in [0.15, 0.2) is 0 Å². The lowest BCUT2D eigenvalue weighted by atomic mass is 10.3. The van der Waals surface area contributed by atoms with Crippen LogP contribution in [-0.4, -0.2) is 50.2 Å². The van der Waals surface area contributed by atoms with Crippen LogP contribution >= 0.6 is 35.0 Å². The number of nitrogens with zero attached hydrogens (tertiary/aromatic N) is 2. The highest BCUT2D eigenvalue weighted by Gasteiger charge is 2.24. The number of hydrogen-bond donors (Lipinski definition) is 3. The Morgan fingerprint density at radius 1 is 1.34 bits per heavy atom. The van der Waals surface area contributed by atoms with Crippen LogP contribution in [0.15, 0.2) is 28.1 Å². The van der Waals surface area contributed by atoms with Crippen molar-refractivity contribution >= 4 is 56.7 Å². The van der Waals surface area contributed by atoms with Crippen LogP contribution in [0.25, 0.3) is 0 Å². The third-order valence-electron chi connectivity index (χ3n) is 3.61. The SMILES string of the molecule is CNC(=O)[C@@H](N)CSc1nc(OC)c(NS(=O)(=O)c2cccc(Cl)c2Cl)nc1C. The number of likely N-dealkylation sites (N-methyl/N-ethyl adjacent to an activating group) is 1. The molecule has 4 N–H and O–H groups in total. The van der Waals surface area contributed by atoms with Gasteiger partial charge >= 0.3 is 0 Å². The number of anilines is 1. The first-order valence-electron chi connectivity index (χ1n) is 8.10. The van der Waals surface area contributed by atoms with Crippen molar-refractivity contribution in [1.82, 2.24) is 15.3 Å². The third kappa shape index (κ3) is 5.64. The molecule has 1 aromatic heterocycles. The van der Waals surface area contributed by atoms with E-state index in [-0.39, 0.29) is 38.3 Å². The van der Waals surface area contributed by atoms with Gasteiger partial charge in [-0.2, -0.15) is 0 Å². The number of ether oxygens (including phenoxy) is 1. The second-order valence-corrected chi connectivity index (χ2v) is 9.11. The number of thioether (sulfide) groups is 1. The van der Waals surface area contributed by atoms with Gasteiger partial charge < -0.3 is 15.8 Å². The monoisotopic (exact) mass is 479 g/mol. The maximum atomic E-state index is 12.7. The lowest BCUT2D eigenvalue weighted by molar-refractivity contribution is -0.121. The van der Waals surface area contributed by atoms with Crippen molar-refractivity contribution in [1.29, 1.82) is 0 Å². The quantitative estimate of drug-likeness (QED) is 0.489. The summed E-state index contributed by atoms with van der Waals surface area (Å²) in [6.07, 6.45) is 0. The number of nitrogens with two attached hydrogens (primary N) is 1. The molecule has 1 amide bonds. The van der Waals surface area contributed by atoms with E-state index in [1.807, 2.05) is 0 Å². The molecular formula is C16H19Cl2N5O4S2. The van der Waals surface area contributed by atoms with E-state index in [0.717, 1.165) is 0 Å². The number of aryl methyl sites for hydroxylation is 1. The Kier molecular flexibility index (Phi) is 7.94. The van der Waals surface area contributed by atoms with Gasteiger partial charge in [-0.05, 0) is 19.1 Å². The number of amides is 1. The van der Waals surface area contributed by atoms with Crippen LogP contribution in [0.5, 0.6) is 5.88 Å². The lowest BCUT2D eigenvalue weighted by Crippen LogP contribution is -2.40. The van der Waals surface area contributed by atoms with Crippen molar-refractivity contribution in [3.05, 3.63) is 33.9 Å². The van der Waals surface area contributed by atoms with Crippen molar-refractivity contribution in [3.63, 3.8) is 0 Å². The normalized spacial score (nSPS) is 12.3. The minimum atomic E-state index is -4.10. The van der Waals surface area contributed by atoms with E-state index in [9.17, 15) is 13.2 Å². The number of carbonyl (C=O) groups excluding carboxylic acids is 1. The molecule has 0 radical (unpaired) electrons. The predicted octanol–water partition coefficient (Wildman–Crippen LogP) is 2.07. The molecule has 1 atom stereocenters. The highest BCUT2D eigenvalue weighted by atomic mass is 35.5. The molecule has 0 aliphatic heterocycles. The zero-order chi connectivity index (χ0) is 21.8. The molecule has 1 heterocycles.